The van der Waals surface area contributed by atoms with Gasteiger partial charge in [-0.15, -0.1) is 4.28 Å². The topological polar surface area (TPSA) is 169 Å². The fourth-order valence-corrected chi connectivity index (χ4v) is 3.10. The van der Waals surface area contributed by atoms with Gasteiger partial charge in [-0.1, -0.05) is 0 Å². The highest BCUT2D eigenvalue weighted by atomic mass is 32.3. The molecule has 1 aromatic heterocycles. The van der Waals surface area contributed by atoms with E-state index in [2.05, 4.69) is 14.3 Å². The Morgan fingerprint density at radius 3 is 2.88 bits per heavy atom. The molecule has 2 atom stereocenters. The molecule has 3 heterocycles. The molecule has 2 aliphatic heterocycles. The number of nitrogens with zero attached hydrogens (tertiary/aromatic N) is 4. The maximum atomic E-state index is 12.2. The summed E-state index contributed by atoms with van der Waals surface area (Å²) in [7, 11) is -4.82. The molecule has 0 spiro atoms. The third kappa shape index (κ3) is 3.08. The zero-order chi connectivity index (χ0) is 17.5. The average molecular weight is 359 g/mol. The third-order valence-corrected chi connectivity index (χ3v) is 4.06. The number of hydrogen-bond donors (Lipinski definition) is 2. The molecule has 2 unspecified atom stereocenters. The number of carbonyl (C=O) groups excluding carboxylic acids is 2. The van der Waals surface area contributed by atoms with Gasteiger partial charge in [-0.05, 0) is 12.8 Å². The second kappa shape index (κ2) is 5.85. The van der Waals surface area contributed by atoms with Crippen LogP contribution in [0.3, 0.4) is 0 Å². The SMILES string of the molecule is NC(=NC(=O)c1cnco1)C1CCC2CN1C(=O)N2OS(=O)(=O)O. The molecule has 2 fully saturated rings. The van der Waals surface area contributed by atoms with Gasteiger partial charge in [0.25, 0.3) is 0 Å². The molecule has 0 saturated carbocycles. The summed E-state index contributed by atoms with van der Waals surface area (Å²) >= 11 is 0. The van der Waals surface area contributed by atoms with Crippen molar-refractivity contribution >= 4 is 28.2 Å². The summed E-state index contributed by atoms with van der Waals surface area (Å²) in [6.45, 7) is 0.131. The fourth-order valence-electron chi connectivity index (χ4n) is 2.71. The molecule has 0 aliphatic carbocycles. The van der Waals surface area contributed by atoms with E-state index in [1.54, 1.807) is 0 Å². The number of oxazole rings is 1. The van der Waals surface area contributed by atoms with Crippen LogP contribution < -0.4 is 5.73 Å². The molecule has 1 aromatic rings. The van der Waals surface area contributed by atoms with Crippen LogP contribution in [0.5, 0.6) is 0 Å². The van der Waals surface area contributed by atoms with Crippen LogP contribution in [0.15, 0.2) is 22.0 Å². The van der Waals surface area contributed by atoms with E-state index in [4.69, 9.17) is 14.7 Å². The summed E-state index contributed by atoms with van der Waals surface area (Å²) in [4.78, 5) is 32.6. The standard InChI is InChI=1S/C11H13N5O7S/c12-9(14-10(17)8-3-13-5-22-8)7-2-1-6-4-15(7)11(18)16(6)23-24(19,20)21/h3,5-7H,1-2,4H2,(H2,12,14,17)(H,19,20,21). The molecule has 2 bridgehead atoms. The largest absolute Gasteiger partial charge is 0.438 e. The van der Waals surface area contributed by atoms with Crippen LogP contribution in [0.2, 0.25) is 0 Å². The Morgan fingerprint density at radius 2 is 2.25 bits per heavy atom. The molecule has 3 amide bonds. The highest BCUT2D eigenvalue weighted by Gasteiger charge is 2.48. The molecule has 24 heavy (non-hydrogen) atoms. The number of piperidine rings is 1. The summed E-state index contributed by atoms with van der Waals surface area (Å²) in [5.41, 5.74) is 5.82. The predicted octanol–water partition coefficient (Wildman–Crippen LogP) is -0.825. The van der Waals surface area contributed by atoms with Crippen LogP contribution in [0.1, 0.15) is 23.4 Å². The van der Waals surface area contributed by atoms with Crippen LogP contribution in [0.25, 0.3) is 0 Å². The quantitative estimate of drug-likeness (QED) is 0.396. The Labute approximate surface area is 135 Å². The molecular weight excluding hydrogens is 346 g/mol. The van der Waals surface area contributed by atoms with Crippen molar-refractivity contribution in [1.82, 2.24) is 14.9 Å². The van der Waals surface area contributed by atoms with Gasteiger partial charge in [0.05, 0.1) is 18.3 Å². The van der Waals surface area contributed by atoms with E-state index in [0.717, 1.165) is 6.39 Å². The lowest BCUT2D eigenvalue weighted by Gasteiger charge is -2.29. The zero-order valence-electron chi connectivity index (χ0n) is 12.1. The summed E-state index contributed by atoms with van der Waals surface area (Å²) in [6, 6.07) is -2.03. The Balaban J connectivity index is 1.77. The molecule has 2 saturated heterocycles. The number of urea groups is 1. The van der Waals surface area contributed by atoms with E-state index in [1.807, 2.05) is 0 Å². The second-order valence-electron chi connectivity index (χ2n) is 5.22. The highest BCUT2D eigenvalue weighted by Crippen LogP contribution is 2.30. The van der Waals surface area contributed by atoms with Crippen molar-refractivity contribution in [2.45, 2.75) is 24.9 Å². The van der Waals surface area contributed by atoms with Gasteiger partial charge in [0.2, 0.25) is 5.76 Å². The lowest BCUT2D eigenvalue weighted by molar-refractivity contribution is -0.0316. The van der Waals surface area contributed by atoms with Gasteiger partial charge in [0.1, 0.15) is 5.84 Å². The van der Waals surface area contributed by atoms with Crippen LogP contribution in [-0.2, 0) is 14.7 Å². The first kappa shape index (κ1) is 16.4. The minimum absolute atomic E-state index is 0.101. The van der Waals surface area contributed by atoms with Crippen molar-refractivity contribution in [1.29, 1.82) is 0 Å². The van der Waals surface area contributed by atoms with Crippen molar-refractivity contribution in [2.24, 2.45) is 10.7 Å². The molecule has 12 nitrogen and oxygen atoms in total. The minimum Gasteiger partial charge on any atom is -0.438 e. The first-order valence-corrected chi connectivity index (χ1v) is 8.16. The Hall–Kier alpha value is -2.51. The molecule has 3 rings (SSSR count). The highest BCUT2D eigenvalue weighted by molar-refractivity contribution is 7.80. The zero-order valence-corrected chi connectivity index (χ0v) is 12.9. The maximum Gasteiger partial charge on any atom is 0.418 e. The first-order valence-electron chi connectivity index (χ1n) is 6.80. The third-order valence-electron chi connectivity index (χ3n) is 3.71. The van der Waals surface area contributed by atoms with Gasteiger partial charge in [-0.3, -0.25) is 9.35 Å². The number of nitrogens with two attached hydrogens (primary N) is 1. The van der Waals surface area contributed by atoms with Crippen LogP contribution >= 0.6 is 0 Å². The Kier molecular flexibility index (Phi) is 3.98. The summed E-state index contributed by atoms with van der Waals surface area (Å²) in [5, 5.41) is 0.584. The van der Waals surface area contributed by atoms with E-state index < -0.39 is 34.4 Å². The molecular formula is C11H13N5O7S. The maximum absolute atomic E-state index is 12.2. The van der Waals surface area contributed by atoms with Crippen molar-refractivity contribution in [2.75, 3.05) is 6.54 Å². The number of aliphatic imine (C=N–C) groups is 1. The number of fused-ring (bicyclic) bond motifs is 2. The number of carbonyl (C=O) groups is 2. The molecule has 13 heteroatoms. The van der Waals surface area contributed by atoms with E-state index in [9.17, 15) is 18.0 Å². The van der Waals surface area contributed by atoms with Gasteiger partial charge in [-0.2, -0.15) is 18.5 Å². The summed E-state index contributed by atoms with van der Waals surface area (Å²) < 4.78 is 39.5. The molecule has 3 N–H and O–H groups in total. The molecule has 2 aliphatic rings. The Morgan fingerprint density at radius 1 is 1.50 bits per heavy atom. The smallest absolute Gasteiger partial charge is 0.418 e. The van der Waals surface area contributed by atoms with Crippen molar-refractivity contribution in [3.8, 4) is 0 Å². The van der Waals surface area contributed by atoms with Crippen molar-refractivity contribution in [3.05, 3.63) is 18.4 Å². The number of hydrogen-bond acceptors (Lipinski definition) is 7. The van der Waals surface area contributed by atoms with E-state index in [1.165, 1.54) is 11.1 Å². The summed E-state index contributed by atoms with van der Waals surface area (Å²) in [6.07, 6.45) is 2.95. The van der Waals surface area contributed by atoms with E-state index >= 15 is 0 Å². The second-order valence-corrected chi connectivity index (χ2v) is 6.22. The molecule has 0 radical (unpaired) electrons. The normalized spacial score (nSPS) is 24.5. The Bertz CT molecular complexity index is 790. The van der Waals surface area contributed by atoms with E-state index in [0.29, 0.717) is 17.9 Å². The number of rotatable bonds is 4. The van der Waals surface area contributed by atoms with Gasteiger partial charge in [0, 0.05) is 6.54 Å². The fraction of sp³-hybridized carbons (Fsp3) is 0.455. The number of amidine groups is 1. The van der Waals surface area contributed by atoms with Gasteiger partial charge in [0.15, 0.2) is 6.39 Å². The average Bonchev–Trinajstić information content (AvgIpc) is 3.11. The number of hydroxylamine groups is 2. The molecule has 0 aromatic carbocycles. The predicted molar refractivity (Wildman–Crippen MR) is 75.8 cm³/mol. The number of amides is 3. The monoisotopic (exact) mass is 359 g/mol. The van der Waals surface area contributed by atoms with Gasteiger partial charge >= 0.3 is 22.3 Å². The minimum atomic E-state index is -4.82. The summed E-state index contributed by atoms with van der Waals surface area (Å²) in [5.74, 6) is -0.961. The molecule has 130 valence electrons. The lowest BCUT2D eigenvalue weighted by Crippen LogP contribution is -2.48. The first-order chi connectivity index (χ1) is 11.3. The van der Waals surface area contributed by atoms with Gasteiger partial charge in [-0.25, -0.2) is 9.78 Å². The van der Waals surface area contributed by atoms with E-state index in [-0.39, 0.29) is 18.1 Å². The lowest BCUT2D eigenvalue weighted by atomic mass is 10.0. The van der Waals surface area contributed by atoms with Gasteiger partial charge < -0.3 is 15.1 Å². The number of aromatic nitrogens is 1. The van der Waals surface area contributed by atoms with Crippen molar-refractivity contribution in [3.63, 3.8) is 0 Å². The van der Waals surface area contributed by atoms with Crippen LogP contribution in [0, 0.1) is 0 Å². The van der Waals surface area contributed by atoms with Crippen LogP contribution in [-0.4, -0.2) is 64.3 Å². The van der Waals surface area contributed by atoms with Crippen LogP contribution in [0.4, 0.5) is 4.79 Å². The van der Waals surface area contributed by atoms with Crippen molar-refractivity contribution < 1.29 is 31.3 Å².